The lowest BCUT2D eigenvalue weighted by Gasteiger charge is -2.25. The van der Waals surface area contributed by atoms with E-state index in [0.29, 0.717) is 11.5 Å². The lowest BCUT2D eigenvalue weighted by atomic mass is 9.80. The number of benzene rings is 2. The zero-order valence-electron chi connectivity index (χ0n) is 11.3. The second-order valence-corrected chi connectivity index (χ2v) is 5.39. The van der Waals surface area contributed by atoms with Gasteiger partial charge >= 0.3 is 0 Å². The summed E-state index contributed by atoms with van der Waals surface area (Å²) in [7, 11) is 0. The maximum atomic E-state index is 13.9. The second-order valence-electron chi connectivity index (χ2n) is 5.39. The van der Waals surface area contributed by atoms with Crippen molar-refractivity contribution in [3.63, 3.8) is 0 Å². The summed E-state index contributed by atoms with van der Waals surface area (Å²) in [5, 5.41) is 0. The Kier molecular flexibility index (Phi) is 3.37. The van der Waals surface area contributed by atoms with E-state index in [1.807, 2.05) is 12.1 Å². The standard InChI is InChI=1S/C18H19F/c1-2-13-6-5-7-14-10-11-15(12-17(13)14)16-8-3-4-9-18(16)19/h3-4,8-13H,2,5-7H2,1H3. The molecule has 0 spiro atoms. The molecule has 0 bridgehead atoms. The van der Waals surface area contributed by atoms with E-state index < -0.39 is 0 Å². The number of hydrogen-bond acceptors (Lipinski definition) is 0. The van der Waals surface area contributed by atoms with Gasteiger partial charge in [0.05, 0.1) is 0 Å². The van der Waals surface area contributed by atoms with E-state index in [1.54, 1.807) is 6.07 Å². The SMILES string of the molecule is CCC1CCCc2ccc(-c3ccccc3F)cc21. The molecule has 0 nitrogen and oxygen atoms in total. The minimum absolute atomic E-state index is 0.133. The van der Waals surface area contributed by atoms with E-state index in [9.17, 15) is 4.39 Å². The molecule has 0 saturated carbocycles. The van der Waals surface area contributed by atoms with Gasteiger partial charge in [-0.2, -0.15) is 0 Å². The molecule has 0 radical (unpaired) electrons. The van der Waals surface area contributed by atoms with Crippen LogP contribution >= 0.6 is 0 Å². The van der Waals surface area contributed by atoms with Crippen LogP contribution in [0.3, 0.4) is 0 Å². The van der Waals surface area contributed by atoms with Crippen LogP contribution in [0.15, 0.2) is 42.5 Å². The maximum Gasteiger partial charge on any atom is 0.131 e. The molecule has 1 aliphatic rings. The topological polar surface area (TPSA) is 0 Å². The summed E-state index contributed by atoms with van der Waals surface area (Å²) in [6.07, 6.45) is 4.89. The molecule has 0 fully saturated rings. The van der Waals surface area contributed by atoms with E-state index in [0.717, 1.165) is 5.56 Å². The van der Waals surface area contributed by atoms with Crippen LogP contribution in [0.4, 0.5) is 4.39 Å². The van der Waals surface area contributed by atoms with Crippen molar-refractivity contribution in [3.05, 3.63) is 59.4 Å². The first-order valence-electron chi connectivity index (χ1n) is 7.17. The van der Waals surface area contributed by atoms with Crippen molar-refractivity contribution in [3.8, 4) is 11.1 Å². The Balaban J connectivity index is 2.08. The predicted octanol–water partition coefficient (Wildman–Crippen LogP) is 5.32. The van der Waals surface area contributed by atoms with E-state index in [4.69, 9.17) is 0 Å². The minimum Gasteiger partial charge on any atom is -0.206 e. The summed E-state index contributed by atoms with van der Waals surface area (Å²) in [4.78, 5) is 0. The van der Waals surface area contributed by atoms with Gasteiger partial charge in [0.25, 0.3) is 0 Å². The molecular weight excluding hydrogens is 235 g/mol. The number of halogens is 1. The van der Waals surface area contributed by atoms with Crippen LogP contribution in [0.5, 0.6) is 0 Å². The van der Waals surface area contributed by atoms with Gasteiger partial charge in [-0.15, -0.1) is 0 Å². The summed E-state index contributed by atoms with van der Waals surface area (Å²) < 4.78 is 13.9. The Morgan fingerprint density at radius 1 is 1.16 bits per heavy atom. The number of rotatable bonds is 2. The Morgan fingerprint density at radius 2 is 2.00 bits per heavy atom. The quantitative estimate of drug-likeness (QED) is 0.680. The molecule has 0 amide bonds. The van der Waals surface area contributed by atoms with Crippen LogP contribution in [-0.2, 0) is 6.42 Å². The van der Waals surface area contributed by atoms with Crippen molar-refractivity contribution in [1.82, 2.24) is 0 Å². The first-order chi connectivity index (χ1) is 9.29. The Bertz CT molecular complexity index is 586. The highest BCUT2D eigenvalue weighted by atomic mass is 19.1. The highest BCUT2D eigenvalue weighted by molar-refractivity contribution is 5.66. The molecule has 98 valence electrons. The van der Waals surface area contributed by atoms with Gasteiger partial charge in [0.15, 0.2) is 0 Å². The average molecular weight is 254 g/mol. The summed E-state index contributed by atoms with van der Waals surface area (Å²) in [6.45, 7) is 2.25. The van der Waals surface area contributed by atoms with Crippen LogP contribution in [0.25, 0.3) is 11.1 Å². The molecule has 1 aliphatic carbocycles. The first-order valence-corrected chi connectivity index (χ1v) is 7.17. The molecule has 0 saturated heterocycles. The fraction of sp³-hybridized carbons (Fsp3) is 0.333. The highest BCUT2D eigenvalue weighted by Crippen LogP contribution is 2.36. The van der Waals surface area contributed by atoms with Gasteiger partial charge < -0.3 is 0 Å². The number of aryl methyl sites for hydroxylation is 1. The van der Waals surface area contributed by atoms with Crippen LogP contribution in [0, 0.1) is 5.82 Å². The average Bonchev–Trinajstić information content (AvgIpc) is 2.46. The molecule has 0 N–H and O–H groups in total. The molecule has 3 rings (SSSR count). The van der Waals surface area contributed by atoms with E-state index in [-0.39, 0.29) is 5.82 Å². The highest BCUT2D eigenvalue weighted by Gasteiger charge is 2.19. The van der Waals surface area contributed by atoms with Crippen molar-refractivity contribution in [2.75, 3.05) is 0 Å². The normalized spacial score (nSPS) is 18.1. The van der Waals surface area contributed by atoms with Gasteiger partial charge in [-0.05, 0) is 54.4 Å². The lowest BCUT2D eigenvalue weighted by Crippen LogP contribution is -2.09. The lowest BCUT2D eigenvalue weighted by molar-refractivity contribution is 0.540. The second kappa shape index (κ2) is 5.16. The van der Waals surface area contributed by atoms with Gasteiger partial charge in [-0.25, -0.2) is 4.39 Å². The van der Waals surface area contributed by atoms with Gasteiger partial charge in [0, 0.05) is 5.56 Å². The molecule has 0 heterocycles. The molecule has 2 aromatic carbocycles. The maximum absolute atomic E-state index is 13.9. The summed E-state index contributed by atoms with van der Waals surface area (Å²) >= 11 is 0. The van der Waals surface area contributed by atoms with E-state index >= 15 is 0 Å². The minimum atomic E-state index is -0.133. The fourth-order valence-corrected chi connectivity index (χ4v) is 3.18. The fourth-order valence-electron chi connectivity index (χ4n) is 3.18. The van der Waals surface area contributed by atoms with Gasteiger partial charge in [-0.1, -0.05) is 43.3 Å². The van der Waals surface area contributed by atoms with Gasteiger partial charge in [0.1, 0.15) is 5.82 Å². The molecule has 2 aromatic rings. The van der Waals surface area contributed by atoms with E-state index in [2.05, 4.69) is 25.1 Å². The van der Waals surface area contributed by atoms with Crippen LogP contribution in [-0.4, -0.2) is 0 Å². The summed E-state index contributed by atoms with van der Waals surface area (Å²) in [6, 6.07) is 13.5. The van der Waals surface area contributed by atoms with Crippen molar-refractivity contribution in [2.45, 2.75) is 38.5 Å². The Labute approximate surface area is 114 Å². The van der Waals surface area contributed by atoms with Crippen molar-refractivity contribution >= 4 is 0 Å². The van der Waals surface area contributed by atoms with E-state index in [1.165, 1.54) is 42.9 Å². The van der Waals surface area contributed by atoms with Crippen molar-refractivity contribution < 1.29 is 4.39 Å². The molecule has 0 aromatic heterocycles. The molecule has 1 heteroatoms. The monoisotopic (exact) mass is 254 g/mol. The molecule has 1 atom stereocenters. The molecule has 19 heavy (non-hydrogen) atoms. The first kappa shape index (κ1) is 12.4. The van der Waals surface area contributed by atoms with Gasteiger partial charge in [0.2, 0.25) is 0 Å². The third-order valence-corrected chi connectivity index (χ3v) is 4.26. The third kappa shape index (κ3) is 2.30. The zero-order valence-corrected chi connectivity index (χ0v) is 11.3. The van der Waals surface area contributed by atoms with Crippen LogP contribution in [0.1, 0.15) is 43.2 Å². The third-order valence-electron chi connectivity index (χ3n) is 4.26. The van der Waals surface area contributed by atoms with Gasteiger partial charge in [-0.3, -0.25) is 0 Å². The zero-order chi connectivity index (χ0) is 13.2. The molecule has 0 aliphatic heterocycles. The molecular formula is C18H19F. The Morgan fingerprint density at radius 3 is 2.79 bits per heavy atom. The van der Waals surface area contributed by atoms with Crippen molar-refractivity contribution in [2.24, 2.45) is 0 Å². The summed E-state index contributed by atoms with van der Waals surface area (Å²) in [5.41, 5.74) is 4.62. The molecule has 1 unspecified atom stereocenters. The largest absolute Gasteiger partial charge is 0.206 e. The predicted molar refractivity (Wildman–Crippen MR) is 77.8 cm³/mol. The number of fused-ring (bicyclic) bond motifs is 1. The number of hydrogen-bond donors (Lipinski definition) is 0. The summed E-state index contributed by atoms with van der Waals surface area (Å²) in [5.74, 6) is 0.516. The van der Waals surface area contributed by atoms with Crippen molar-refractivity contribution in [1.29, 1.82) is 0 Å². The van der Waals surface area contributed by atoms with Crippen LogP contribution < -0.4 is 0 Å². The Hall–Kier alpha value is -1.63. The smallest absolute Gasteiger partial charge is 0.131 e. The van der Waals surface area contributed by atoms with Crippen LogP contribution in [0.2, 0.25) is 0 Å².